The van der Waals surface area contributed by atoms with Gasteiger partial charge in [-0.15, -0.1) is 0 Å². The van der Waals surface area contributed by atoms with Crippen molar-refractivity contribution in [2.24, 2.45) is 0 Å². The van der Waals surface area contributed by atoms with Gasteiger partial charge in [-0.2, -0.15) is 0 Å². The largest absolute Gasteiger partial charge is 0.312 e. The topological polar surface area (TPSA) is 48.4 Å². The first-order valence-electron chi connectivity index (χ1n) is 10.6. The molecule has 0 saturated carbocycles. The molecular weight excluding hydrogens is 469 g/mol. The summed E-state index contributed by atoms with van der Waals surface area (Å²) >= 11 is 5.21. The van der Waals surface area contributed by atoms with Crippen molar-refractivity contribution in [3.63, 3.8) is 0 Å². The molecule has 1 saturated heterocycles. The van der Waals surface area contributed by atoms with Crippen LogP contribution in [-0.4, -0.2) is 35.0 Å². The average molecular weight is 487 g/mol. The van der Waals surface area contributed by atoms with Crippen LogP contribution in [0.1, 0.15) is 0 Å². The molecule has 33 heavy (non-hydrogen) atoms. The minimum atomic E-state index is 0.737. The predicted molar refractivity (Wildman–Crippen MR) is 141 cm³/mol. The van der Waals surface area contributed by atoms with Crippen LogP contribution in [0.25, 0.3) is 30.6 Å². The number of anilines is 3. The van der Waals surface area contributed by atoms with Gasteiger partial charge >= 0.3 is 0 Å². The van der Waals surface area contributed by atoms with Crippen molar-refractivity contribution in [3.05, 3.63) is 72.8 Å². The molecule has 0 spiro atoms. The minimum Gasteiger partial charge on any atom is -0.312 e. The molecule has 0 unspecified atom stereocenters. The molecule has 0 radical (unpaired) electrons. The van der Waals surface area contributed by atoms with Crippen LogP contribution in [0.5, 0.6) is 0 Å². The van der Waals surface area contributed by atoms with Crippen molar-refractivity contribution in [1.82, 2.24) is 15.0 Å². The third-order valence-electron chi connectivity index (χ3n) is 5.68. The van der Waals surface area contributed by atoms with Gasteiger partial charge in [0.25, 0.3) is 0 Å². The van der Waals surface area contributed by atoms with E-state index in [0.717, 1.165) is 52.0 Å². The second kappa shape index (κ2) is 7.65. The molecule has 4 heterocycles. The van der Waals surface area contributed by atoms with Gasteiger partial charge in [0.2, 0.25) is 0 Å². The van der Waals surface area contributed by atoms with Crippen LogP contribution < -0.4 is 14.7 Å². The third-order valence-corrected chi connectivity index (χ3v) is 8.98. The molecule has 1 aliphatic heterocycles. The summed E-state index contributed by atoms with van der Waals surface area (Å²) in [6.45, 7) is 2.21. The molecule has 162 valence electrons. The highest BCUT2D eigenvalue weighted by Crippen LogP contribution is 2.36. The van der Waals surface area contributed by atoms with Crippen molar-refractivity contribution in [1.29, 1.82) is 0 Å². The number of nitrogens with zero attached hydrogens (tertiary/aromatic N) is 6. The Labute approximate surface area is 202 Å². The van der Waals surface area contributed by atoms with E-state index in [0.29, 0.717) is 0 Å². The van der Waals surface area contributed by atoms with Gasteiger partial charge in [0.1, 0.15) is 0 Å². The highest BCUT2D eigenvalue weighted by atomic mass is 32.1. The van der Waals surface area contributed by atoms with Gasteiger partial charge < -0.3 is 14.7 Å². The number of benzene rings is 3. The Morgan fingerprint density at radius 3 is 1.06 bits per heavy atom. The Morgan fingerprint density at radius 2 is 0.758 bits per heavy atom. The molecule has 6 aromatic rings. The molecule has 3 aromatic heterocycles. The number of hydrogen-bond donors (Lipinski definition) is 0. The van der Waals surface area contributed by atoms with E-state index in [4.69, 9.17) is 15.0 Å². The molecule has 1 aliphatic rings. The zero-order valence-corrected chi connectivity index (χ0v) is 19.9. The number of rotatable bonds is 3. The zero-order valence-electron chi connectivity index (χ0n) is 17.5. The Kier molecular flexibility index (Phi) is 4.46. The fraction of sp³-hybridized carbons (Fsp3) is 0.125. The number of aromatic nitrogens is 3. The van der Waals surface area contributed by atoms with E-state index in [2.05, 4.69) is 69.3 Å². The van der Waals surface area contributed by atoms with Gasteiger partial charge in [-0.05, 0) is 36.4 Å². The lowest BCUT2D eigenvalue weighted by Gasteiger charge is -2.41. The van der Waals surface area contributed by atoms with E-state index in [9.17, 15) is 0 Å². The first-order valence-corrected chi connectivity index (χ1v) is 13.1. The minimum absolute atomic E-state index is 0.737. The summed E-state index contributed by atoms with van der Waals surface area (Å²) < 4.78 is 3.61. The summed E-state index contributed by atoms with van der Waals surface area (Å²) in [4.78, 5) is 21.8. The highest BCUT2D eigenvalue weighted by Gasteiger charge is 2.29. The highest BCUT2D eigenvalue weighted by molar-refractivity contribution is 7.23. The van der Waals surface area contributed by atoms with Gasteiger partial charge in [0.05, 0.1) is 50.7 Å². The Morgan fingerprint density at radius 1 is 0.455 bits per heavy atom. The second-order valence-electron chi connectivity index (χ2n) is 7.94. The lowest BCUT2D eigenvalue weighted by Crippen LogP contribution is -2.55. The Balaban J connectivity index is 1.30. The molecule has 0 amide bonds. The first kappa shape index (κ1) is 19.2. The smallest absolute Gasteiger partial charge is 0.189 e. The summed E-state index contributed by atoms with van der Waals surface area (Å²) in [6, 6.07) is 25.0. The zero-order chi connectivity index (χ0) is 21.8. The fourth-order valence-corrected chi connectivity index (χ4v) is 6.95. The predicted octanol–water partition coefficient (Wildman–Crippen LogP) is 6.22. The lowest BCUT2D eigenvalue weighted by molar-refractivity contribution is 0.608. The molecular formula is C24H18N6S3. The van der Waals surface area contributed by atoms with Gasteiger partial charge in [-0.3, -0.25) is 0 Å². The molecule has 3 aromatic carbocycles. The van der Waals surface area contributed by atoms with Crippen LogP contribution in [0.2, 0.25) is 0 Å². The van der Waals surface area contributed by atoms with Gasteiger partial charge in [0, 0.05) is 0 Å². The quantitative estimate of drug-likeness (QED) is 0.296. The van der Waals surface area contributed by atoms with Crippen molar-refractivity contribution in [2.45, 2.75) is 0 Å². The first-order chi connectivity index (χ1) is 16.3. The van der Waals surface area contributed by atoms with Crippen LogP contribution in [0.15, 0.2) is 72.8 Å². The van der Waals surface area contributed by atoms with Crippen molar-refractivity contribution in [2.75, 3.05) is 34.7 Å². The monoisotopic (exact) mass is 486 g/mol. The Hall–Kier alpha value is -3.27. The molecule has 9 heteroatoms. The SMILES string of the molecule is c1ccc2sc(N3CN(c4nc5ccccc5s4)CN(c4nc5ccccc5s4)C3)nc2c1. The van der Waals surface area contributed by atoms with E-state index in [1.165, 1.54) is 14.1 Å². The van der Waals surface area contributed by atoms with E-state index in [-0.39, 0.29) is 0 Å². The number of para-hydroxylation sites is 3. The normalized spacial score (nSPS) is 14.7. The Bertz CT molecular complexity index is 1310. The maximum atomic E-state index is 4.94. The molecule has 6 nitrogen and oxygen atoms in total. The van der Waals surface area contributed by atoms with E-state index in [1.54, 1.807) is 34.0 Å². The van der Waals surface area contributed by atoms with Gasteiger partial charge in [-0.25, -0.2) is 15.0 Å². The number of thiazole rings is 3. The van der Waals surface area contributed by atoms with Crippen LogP contribution in [-0.2, 0) is 0 Å². The number of hydrogen-bond acceptors (Lipinski definition) is 9. The molecule has 1 fully saturated rings. The summed E-state index contributed by atoms with van der Waals surface area (Å²) in [5, 5.41) is 3.06. The molecule has 0 bridgehead atoms. The van der Waals surface area contributed by atoms with Crippen molar-refractivity contribution >= 4 is 80.1 Å². The fourth-order valence-electron chi connectivity index (χ4n) is 4.10. The maximum absolute atomic E-state index is 4.94. The third kappa shape index (κ3) is 3.40. The van der Waals surface area contributed by atoms with Crippen LogP contribution in [0, 0.1) is 0 Å². The van der Waals surface area contributed by atoms with E-state index >= 15 is 0 Å². The standard InChI is InChI=1S/C24H18N6S3/c1-4-10-19-16(7-1)25-22(31-19)28-13-29(23-26-17-8-2-5-11-20(17)32-23)15-30(14-28)24-27-18-9-3-6-12-21(18)33-24/h1-12H,13-15H2. The lowest BCUT2D eigenvalue weighted by atomic mass is 10.3. The molecule has 7 rings (SSSR count). The second-order valence-corrected chi connectivity index (χ2v) is 11.0. The summed E-state index contributed by atoms with van der Waals surface area (Å²) in [5.41, 5.74) is 3.13. The molecule has 0 N–H and O–H groups in total. The van der Waals surface area contributed by atoms with Crippen molar-refractivity contribution in [3.8, 4) is 0 Å². The van der Waals surface area contributed by atoms with Gasteiger partial charge in [-0.1, -0.05) is 70.4 Å². The van der Waals surface area contributed by atoms with Crippen LogP contribution >= 0.6 is 34.0 Å². The summed E-state index contributed by atoms with van der Waals surface area (Å²) in [7, 11) is 0. The van der Waals surface area contributed by atoms with Crippen LogP contribution in [0.3, 0.4) is 0 Å². The maximum Gasteiger partial charge on any atom is 0.189 e. The van der Waals surface area contributed by atoms with Crippen molar-refractivity contribution < 1.29 is 0 Å². The average Bonchev–Trinajstić information content (AvgIpc) is 3.59. The van der Waals surface area contributed by atoms with E-state index < -0.39 is 0 Å². The molecule has 0 atom stereocenters. The van der Waals surface area contributed by atoms with Gasteiger partial charge in [0.15, 0.2) is 15.4 Å². The number of fused-ring (bicyclic) bond motifs is 3. The molecule has 0 aliphatic carbocycles. The summed E-state index contributed by atoms with van der Waals surface area (Å²) in [5.74, 6) is 0. The van der Waals surface area contributed by atoms with Crippen LogP contribution in [0.4, 0.5) is 15.4 Å². The van der Waals surface area contributed by atoms with E-state index in [1.807, 2.05) is 18.2 Å². The summed E-state index contributed by atoms with van der Waals surface area (Å²) in [6.07, 6.45) is 0.